The van der Waals surface area contributed by atoms with Gasteiger partial charge in [-0.3, -0.25) is 4.68 Å². The van der Waals surface area contributed by atoms with E-state index in [0.29, 0.717) is 12.6 Å². The fourth-order valence-electron chi connectivity index (χ4n) is 2.04. The van der Waals surface area contributed by atoms with Crippen molar-refractivity contribution in [1.29, 1.82) is 0 Å². The summed E-state index contributed by atoms with van der Waals surface area (Å²) in [6.45, 7) is 5.68. The zero-order chi connectivity index (χ0) is 13.8. The van der Waals surface area contributed by atoms with Crippen LogP contribution in [0.3, 0.4) is 0 Å². The van der Waals surface area contributed by atoms with Gasteiger partial charge in [0.05, 0.1) is 6.54 Å². The molecule has 5 heteroatoms. The number of rotatable bonds is 5. The Kier molecular flexibility index (Phi) is 4.16. The fourth-order valence-corrected chi connectivity index (χ4v) is 2.04. The molecule has 0 atom stereocenters. The van der Waals surface area contributed by atoms with E-state index in [1.807, 2.05) is 13.2 Å². The SMILES string of the molecule is CC(C)N(Cc1cn(C)nn1)c1ccc(CN)cc1. The van der Waals surface area contributed by atoms with Crippen molar-refractivity contribution in [3.8, 4) is 0 Å². The molecule has 19 heavy (non-hydrogen) atoms. The van der Waals surface area contributed by atoms with Crippen molar-refractivity contribution in [2.24, 2.45) is 12.8 Å². The van der Waals surface area contributed by atoms with Gasteiger partial charge in [0.15, 0.2) is 0 Å². The summed E-state index contributed by atoms with van der Waals surface area (Å²) in [5.74, 6) is 0. The van der Waals surface area contributed by atoms with Crippen LogP contribution in [0.2, 0.25) is 0 Å². The maximum atomic E-state index is 5.63. The van der Waals surface area contributed by atoms with E-state index < -0.39 is 0 Å². The molecule has 0 saturated heterocycles. The van der Waals surface area contributed by atoms with Crippen LogP contribution < -0.4 is 10.6 Å². The maximum absolute atomic E-state index is 5.63. The van der Waals surface area contributed by atoms with E-state index in [4.69, 9.17) is 5.73 Å². The lowest BCUT2D eigenvalue weighted by molar-refractivity contribution is 0.670. The maximum Gasteiger partial charge on any atom is 0.102 e. The van der Waals surface area contributed by atoms with Gasteiger partial charge in [-0.25, -0.2) is 0 Å². The zero-order valence-electron chi connectivity index (χ0n) is 11.7. The second-order valence-electron chi connectivity index (χ2n) is 4.98. The normalized spacial score (nSPS) is 11.0. The summed E-state index contributed by atoms with van der Waals surface area (Å²) in [6.07, 6.45) is 1.95. The standard InChI is InChI=1S/C14H21N5/c1-11(2)19(10-13-9-18(3)17-16-13)14-6-4-12(8-15)5-7-14/h4-7,9,11H,8,10,15H2,1-3H3. The van der Waals surface area contributed by atoms with Crippen LogP contribution in [-0.2, 0) is 20.1 Å². The number of hydrogen-bond donors (Lipinski definition) is 1. The van der Waals surface area contributed by atoms with Crippen molar-refractivity contribution < 1.29 is 0 Å². The van der Waals surface area contributed by atoms with Gasteiger partial charge in [-0.15, -0.1) is 5.10 Å². The molecular formula is C14H21N5. The Bertz CT molecular complexity index is 515. The Morgan fingerprint density at radius 3 is 2.42 bits per heavy atom. The lowest BCUT2D eigenvalue weighted by Gasteiger charge is -2.28. The van der Waals surface area contributed by atoms with Crippen LogP contribution in [-0.4, -0.2) is 21.0 Å². The molecule has 0 aliphatic carbocycles. The van der Waals surface area contributed by atoms with Crippen LogP contribution in [0, 0.1) is 0 Å². The minimum absolute atomic E-state index is 0.394. The molecule has 0 saturated carbocycles. The summed E-state index contributed by atoms with van der Waals surface area (Å²) in [4.78, 5) is 2.30. The van der Waals surface area contributed by atoms with Crippen LogP contribution in [0.5, 0.6) is 0 Å². The molecule has 1 aromatic carbocycles. The van der Waals surface area contributed by atoms with E-state index >= 15 is 0 Å². The van der Waals surface area contributed by atoms with Crippen molar-refractivity contribution in [3.63, 3.8) is 0 Å². The Morgan fingerprint density at radius 1 is 1.26 bits per heavy atom. The lowest BCUT2D eigenvalue weighted by atomic mass is 10.1. The molecule has 2 rings (SSSR count). The summed E-state index contributed by atoms with van der Waals surface area (Å²) >= 11 is 0. The predicted octanol–water partition coefficient (Wildman–Crippen LogP) is 1.69. The number of anilines is 1. The minimum Gasteiger partial charge on any atom is -0.363 e. The monoisotopic (exact) mass is 259 g/mol. The summed E-state index contributed by atoms with van der Waals surface area (Å²) in [6, 6.07) is 8.76. The van der Waals surface area contributed by atoms with Crippen LogP contribution >= 0.6 is 0 Å². The van der Waals surface area contributed by atoms with Gasteiger partial charge in [-0.1, -0.05) is 17.3 Å². The Hall–Kier alpha value is -1.88. The molecule has 1 aromatic heterocycles. The van der Waals surface area contributed by atoms with Gasteiger partial charge >= 0.3 is 0 Å². The van der Waals surface area contributed by atoms with Crippen molar-refractivity contribution in [2.45, 2.75) is 33.0 Å². The molecule has 0 unspecified atom stereocenters. The molecular weight excluding hydrogens is 238 g/mol. The van der Waals surface area contributed by atoms with E-state index in [0.717, 1.165) is 17.8 Å². The van der Waals surface area contributed by atoms with E-state index in [1.54, 1.807) is 4.68 Å². The van der Waals surface area contributed by atoms with E-state index in [2.05, 4.69) is 53.3 Å². The van der Waals surface area contributed by atoms with Crippen LogP contribution in [0.1, 0.15) is 25.1 Å². The van der Waals surface area contributed by atoms with Gasteiger partial charge < -0.3 is 10.6 Å². The van der Waals surface area contributed by atoms with Crippen LogP contribution in [0.25, 0.3) is 0 Å². The highest BCUT2D eigenvalue weighted by atomic mass is 15.4. The molecule has 0 aliphatic rings. The number of benzene rings is 1. The van der Waals surface area contributed by atoms with Gasteiger partial charge in [0, 0.05) is 31.5 Å². The first-order valence-electron chi connectivity index (χ1n) is 6.51. The minimum atomic E-state index is 0.394. The summed E-state index contributed by atoms with van der Waals surface area (Å²) in [5, 5.41) is 8.12. The number of nitrogens with two attached hydrogens (primary N) is 1. The average molecular weight is 259 g/mol. The molecule has 0 radical (unpaired) electrons. The van der Waals surface area contributed by atoms with Crippen LogP contribution in [0.15, 0.2) is 30.5 Å². The van der Waals surface area contributed by atoms with E-state index in [-0.39, 0.29) is 0 Å². The second-order valence-corrected chi connectivity index (χ2v) is 4.98. The number of aromatic nitrogens is 3. The first kappa shape index (κ1) is 13.5. The smallest absolute Gasteiger partial charge is 0.102 e. The first-order valence-corrected chi connectivity index (χ1v) is 6.51. The van der Waals surface area contributed by atoms with E-state index in [9.17, 15) is 0 Å². The van der Waals surface area contributed by atoms with Crippen LogP contribution in [0.4, 0.5) is 5.69 Å². The molecule has 0 bridgehead atoms. The zero-order valence-corrected chi connectivity index (χ0v) is 11.7. The first-order chi connectivity index (χ1) is 9.10. The van der Waals surface area contributed by atoms with Crippen molar-refractivity contribution in [1.82, 2.24) is 15.0 Å². The van der Waals surface area contributed by atoms with Gasteiger partial charge in [-0.2, -0.15) is 0 Å². The summed E-state index contributed by atoms with van der Waals surface area (Å²) < 4.78 is 1.73. The van der Waals surface area contributed by atoms with Crippen molar-refractivity contribution >= 4 is 5.69 Å². The molecule has 2 N–H and O–H groups in total. The third-order valence-corrected chi connectivity index (χ3v) is 3.11. The third-order valence-electron chi connectivity index (χ3n) is 3.11. The Balaban J connectivity index is 2.19. The van der Waals surface area contributed by atoms with Crippen molar-refractivity contribution in [2.75, 3.05) is 4.90 Å². The molecule has 102 valence electrons. The summed E-state index contributed by atoms with van der Waals surface area (Å²) in [5.41, 5.74) is 8.92. The predicted molar refractivity (Wildman–Crippen MR) is 76.7 cm³/mol. The van der Waals surface area contributed by atoms with Gasteiger partial charge in [0.1, 0.15) is 5.69 Å². The van der Waals surface area contributed by atoms with E-state index in [1.165, 1.54) is 5.69 Å². The quantitative estimate of drug-likeness (QED) is 0.887. The molecule has 0 spiro atoms. The topological polar surface area (TPSA) is 60.0 Å². The lowest BCUT2D eigenvalue weighted by Crippen LogP contribution is -2.30. The van der Waals surface area contributed by atoms with Gasteiger partial charge in [-0.05, 0) is 31.5 Å². The average Bonchev–Trinajstić information content (AvgIpc) is 2.81. The highest BCUT2D eigenvalue weighted by molar-refractivity contribution is 5.48. The molecule has 0 aliphatic heterocycles. The highest BCUT2D eigenvalue weighted by Crippen LogP contribution is 2.20. The molecule has 0 amide bonds. The molecule has 2 aromatic rings. The molecule has 5 nitrogen and oxygen atoms in total. The molecule has 1 heterocycles. The largest absolute Gasteiger partial charge is 0.363 e. The third kappa shape index (κ3) is 3.32. The number of aryl methyl sites for hydroxylation is 1. The Labute approximate surface area is 114 Å². The van der Waals surface area contributed by atoms with Gasteiger partial charge in [0.2, 0.25) is 0 Å². The summed E-state index contributed by atoms with van der Waals surface area (Å²) in [7, 11) is 1.88. The molecule has 0 fully saturated rings. The fraction of sp³-hybridized carbons (Fsp3) is 0.429. The number of hydrogen-bond acceptors (Lipinski definition) is 4. The van der Waals surface area contributed by atoms with Gasteiger partial charge in [0.25, 0.3) is 0 Å². The number of nitrogens with zero attached hydrogens (tertiary/aromatic N) is 4. The Morgan fingerprint density at radius 2 is 1.95 bits per heavy atom. The highest BCUT2D eigenvalue weighted by Gasteiger charge is 2.13. The van der Waals surface area contributed by atoms with Crippen molar-refractivity contribution in [3.05, 3.63) is 41.7 Å². The second kappa shape index (κ2) is 5.84.